The molecular weight excluding hydrogens is 211 g/mol. The van der Waals surface area contributed by atoms with Crippen molar-refractivity contribution in [2.45, 2.75) is 13.1 Å². The third kappa shape index (κ3) is 2.39. The van der Waals surface area contributed by atoms with E-state index in [2.05, 4.69) is 5.18 Å². The highest BCUT2D eigenvalue weighted by Crippen LogP contribution is 2.33. The van der Waals surface area contributed by atoms with E-state index in [0.717, 1.165) is 19.1 Å². The van der Waals surface area contributed by atoms with Crippen LogP contribution in [0.4, 0.5) is 18.9 Å². The first kappa shape index (κ1) is 11.4. The number of carbonyl (C=O) groups is 1. The molecule has 0 saturated heterocycles. The summed E-state index contributed by atoms with van der Waals surface area (Å²) in [6, 6.07) is 2.25. The summed E-state index contributed by atoms with van der Waals surface area (Å²) in [4.78, 5) is 21.1. The zero-order valence-corrected chi connectivity index (χ0v) is 7.63. The van der Waals surface area contributed by atoms with Crippen molar-refractivity contribution in [1.82, 2.24) is 0 Å². The van der Waals surface area contributed by atoms with Crippen molar-refractivity contribution in [3.8, 4) is 0 Å². The monoisotopic (exact) mass is 217 g/mol. The third-order valence-corrected chi connectivity index (χ3v) is 1.80. The molecule has 0 atom stereocenters. The largest absolute Gasteiger partial charge is 0.416 e. The average molecular weight is 217 g/mol. The van der Waals surface area contributed by atoms with Gasteiger partial charge in [-0.15, -0.1) is 4.91 Å². The molecule has 0 aliphatic carbocycles. The van der Waals surface area contributed by atoms with E-state index in [9.17, 15) is 22.9 Å². The Morgan fingerprint density at radius 3 is 2.33 bits per heavy atom. The number of rotatable bonds is 2. The lowest BCUT2D eigenvalue weighted by Crippen LogP contribution is -2.05. The molecule has 3 nitrogen and oxygen atoms in total. The van der Waals surface area contributed by atoms with Gasteiger partial charge in [0.05, 0.1) is 5.56 Å². The molecule has 0 bridgehead atoms. The zero-order valence-electron chi connectivity index (χ0n) is 7.63. The van der Waals surface area contributed by atoms with Gasteiger partial charge in [0.1, 0.15) is 5.69 Å². The highest BCUT2D eigenvalue weighted by molar-refractivity contribution is 5.98. The van der Waals surface area contributed by atoms with Gasteiger partial charge < -0.3 is 0 Å². The smallest absolute Gasteiger partial charge is 0.294 e. The van der Waals surface area contributed by atoms with Crippen LogP contribution in [0, 0.1) is 4.91 Å². The molecule has 0 fully saturated rings. The number of nitroso groups, excluding NO2 is 1. The second kappa shape index (κ2) is 3.80. The number of halogens is 3. The number of hydrogen-bond donors (Lipinski definition) is 0. The van der Waals surface area contributed by atoms with Crippen LogP contribution < -0.4 is 0 Å². The summed E-state index contributed by atoms with van der Waals surface area (Å²) in [6.07, 6.45) is -4.55. The van der Waals surface area contributed by atoms with Crippen molar-refractivity contribution in [3.63, 3.8) is 0 Å². The minimum Gasteiger partial charge on any atom is -0.294 e. The highest BCUT2D eigenvalue weighted by atomic mass is 19.4. The van der Waals surface area contributed by atoms with Crippen molar-refractivity contribution >= 4 is 11.5 Å². The molecule has 0 spiro atoms. The summed E-state index contributed by atoms with van der Waals surface area (Å²) in [7, 11) is 0. The number of carbonyl (C=O) groups excluding carboxylic acids is 1. The van der Waals surface area contributed by atoms with Gasteiger partial charge >= 0.3 is 6.18 Å². The Morgan fingerprint density at radius 2 is 1.93 bits per heavy atom. The number of benzene rings is 1. The second-order valence-corrected chi connectivity index (χ2v) is 2.88. The molecular formula is C9H6F3NO2. The number of nitrogens with zero attached hydrogens (tertiary/aromatic N) is 1. The molecule has 1 rings (SSSR count). The predicted molar refractivity (Wildman–Crippen MR) is 46.9 cm³/mol. The summed E-state index contributed by atoms with van der Waals surface area (Å²) in [5, 5.41) is 2.40. The quantitative estimate of drug-likeness (QED) is 0.563. The Labute approximate surface area is 82.9 Å². The second-order valence-electron chi connectivity index (χ2n) is 2.88. The standard InChI is InChI=1S/C9H6F3NO2/c1-5(14)7-3-2-6(9(10,11)12)4-8(7)13-15/h2-4H,1H3. The third-order valence-electron chi connectivity index (χ3n) is 1.80. The van der Waals surface area contributed by atoms with Crippen LogP contribution in [0.3, 0.4) is 0 Å². The van der Waals surface area contributed by atoms with E-state index in [0.29, 0.717) is 6.07 Å². The Balaban J connectivity index is 3.31. The summed E-state index contributed by atoms with van der Waals surface area (Å²) in [6.45, 7) is 1.15. The first-order valence-corrected chi connectivity index (χ1v) is 3.92. The van der Waals surface area contributed by atoms with Crippen LogP contribution in [0.15, 0.2) is 23.4 Å². The van der Waals surface area contributed by atoms with Crippen molar-refractivity contribution in [2.75, 3.05) is 0 Å². The molecule has 0 heterocycles. The number of hydrogen-bond acceptors (Lipinski definition) is 3. The van der Waals surface area contributed by atoms with Gasteiger partial charge in [0.15, 0.2) is 5.78 Å². The fourth-order valence-electron chi connectivity index (χ4n) is 1.08. The lowest BCUT2D eigenvalue weighted by Gasteiger charge is -2.07. The van der Waals surface area contributed by atoms with Gasteiger partial charge in [-0.3, -0.25) is 4.79 Å². The maximum Gasteiger partial charge on any atom is 0.416 e. The Bertz CT molecular complexity index is 412. The average Bonchev–Trinajstić information content (AvgIpc) is 2.15. The molecule has 0 amide bonds. The zero-order chi connectivity index (χ0) is 11.6. The fourth-order valence-corrected chi connectivity index (χ4v) is 1.08. The molecule has 15 heavy (non-hydrogen) atoms. The maximum absolute atomic E-state index is 12.2. The van der Waals surface area contributed by atoms with E-state index < -0.39 is 23.2 Å². The molecule has 6 heteroatoms. The van der Waals surface area contributed by atoms with Gasteiger partial charge in [-0.05, 0) is 30.3 Å². The van der Waals surface area contributed by atoms with E-state index in [-0.39, 0.29) is 5.56 Å². The highest BCUT2D eigenvalue weighted by Gasteiger charge is 2.31. The van der Waals surface area contributed by atoms with Gasteiger partial charge in [0.25, 0.3) is 0 Å². The van der Waals surface area contributed by atoms with Crippen molar-refractivity contribution in [1.29, 1.82) is 0 Å². The van der Waals surface area contributed by atoms with Gasteiger partial charge in [0.2, 0.25) is 0 Å². The lowest BCUT2D eigenvalue weighted by atomic mass is 10.1. The van der Waals surface area contributed by atoms with Gasteiger partial charge in [-0.1, -0.05) is 0 Å². The van der Waals surface area contributed by atoms with E-state index in [4.69, 9.17) is 0 Å². The van der Waals surface area contributed by atoms with E-state index in [1.54, 1.807) is 0 Å². The van der Waals surface area contributed by atoms with Gasteiger partial charge in [-0.2, -0.15) is 13.2 Å². The van der Waals surface area contributed by atoms with Crippen LogP contribution in [0.1, 0.15) is 22.8 Å². The van der Waals surface area contributed by atoms with E-state index >= 15 is 0 Å². The first-order chi connectivity index (χ1) is 6.86. The Kier molecular flexibility index (Phi) is 2.88. The molecule has 0 radical (unpaired) electrons. The van der Waals surface area contributed by atoms with Gasteiger partial charge in [0, 0.05) is 5.56 Å². The van der Waals surface area contributed by atoms with E-state index in [1.807, 2.05) is 0 Å². The van der Waals surface area contributed by atoms with Crippen molar-refractivity contribution in [2.24, 2.45) is 5.18 Å². The Morgan fingerprint density at radius 1 is 1.33 bits per heavy atom. The van der Waals surface area contributed by atoms with Crippen LogP contribution in [0.5, 0.6) is 0 Å². The topological polar surface area (TPSA) is 46.5 Å². The van der Waals surface area contributed by atoms with Gasteiger partial charge in [-0.25, -0.2) is 0 Å². The molecule has 0 saturated carbocycles. The summed E-state index contributed by atoms with van der Waals surface area (Å²) < 4.78 is 36.6. The number of alkyl halides is 3. The molecule has 0 unspecified atom stereocenters. The van der Waals surface area contributed by atoms with E-state index in [1.165, 1.54) is 0 Å². The molecule has 0 N–H and O–H groups in total. The van der Waals surface area contributed by atoms with Crippen molar-refractivity contribution < 1.29 is 18.0 Å². The first-order valence-electron chi connectivity index (χ1n) is 3.92. The minimum atomic E-state index is -4.55. The maximum atomic E-state index is 12.2. The van der Waals surface area contributed by atoms with Crippen LogP contribution in [-0.4, -0.2) is 5.78 Å². The number of Topliss-reactive ketones (excluding diaryl/α,β-unsaturated/α-hetero) is 1. The lowest BCUT2D eigenvalue weighted by molar-refractivity contribution is -0.137. The predicted octanol–water partition coefficient (Wildman–Crippen LogP) is 3.31. The molecule has 1 aromatic carbocycles. The van der Waals surface area contributed by atoms with Crippen LogP contribution in [0.2, 0.25) is 0 Å². The normalized spacial score (nSPS) is 11.2. The minimum absolute atomic E-state index is 0.113. The molecule has 0 aliphatic heterocycles. The summed E-state index contributed by atoms with van der Waals surface area (Å²) in [5.74, 6) is -0.502. The summed E-state index contributed by atoms with van der Waals surface area (Å²) in [5.41, 5.74) is -1.60. The summed E-state index contributed by atoms with van der Waals surface area (Å²) >= 11 is 0. The molecule has 0 aromatic heterocycles. The van der Waals surface area contributed by atoms with Crippen molar-refractivity contribution in [3.05, 3.63) is 34.2 Å². The number of ketones is 1. The Hall–Kier alpha value is -1.72. The SMILES string of the molecule is CC(=O)c1ccc(C(F)(F)F)cc1N=O. The van der Waals surface area contributed by atoms with Crippen LogP contribution in [0.25, 0.3) is 0 Å². The van der Waals surface area contributed by atoms with Crippen LogP contribution >= 0.6 is 0 Å². The molecule has 0 aliphatic rings. The molecule has 80 valence electrons. The van der Waals surface area contributed by atoms with Crippen LogP contribution in [-0.2, 0) is 6.18 Å². The molecule has 1 aromatic rings. The fraction of sp³-hybridized carbons (Fsp3) is 0.222.